The molecule has 106 valence electrons. The van der Waals surface area contributed by atoms with Gasteiger partial charge in [-0.3, -0.25) is 0 Å². The highest BCUT2D eigenvalue weighted by Crippen LogP contribution is 2.29. The van der Waals surface area contributed by atoms with Gasteiger partial charge in [0, 0.05) is 21.8 Å². The molecule has 0 spiro atoms. The maximum absolute atomic E-state index is 11.5. The molecule has 0 radical (unpaired) electrons. The van der Waals surface area contributed by atoms with Crippen LogP contribution in [0.5, 0.6) is 5.88 Å². The lowest BCUT2D eigenvalue weighted by molar-refractivity contribution is 0.122. The lowest BCUT2D eigenvalue weighted by atomic mass is 10.2. The van der Waals surface area contributed by atoms with Crippen molar-refractivity contribution in [2.75, 3.05) is 31.2 Å². The Morgan fingerprint density at radius 3 is 2.70 bits per heavy atom. The van der Waals surface area contributed by atoms with Gasteiger partial charge in [0.2, 0.25) is 0 Å². The molecule has 20 heavy (non-hydrogen) atoms. The normalized spacial score (nSPS) is 16.2. The van der Waals surface area contributed by atoms with Gasteiger partial charge in [0.25, 0.3) is 5.82 Å². The molecule has 1 saturated heterocycles. The standard InChI is InChI=1S/C13H15N3O3S/c17-20-14-12(16-6-8-18-9-7-16)13(15-20)19-10-11-4-2-1-3-5-11/h1-5H,6-10H2. The molecule has 2 heterocycles. The van der Waals surface area contributed by atoms with Crippen molar-refractivity contribution in [3.8, 4) is 5.88 Å². The largest absolute Gasteiger partial charge is 0.546 e. The fraction of sp³-hybridized carbons (Fsp3) is 0.385. The van der Waals surface area contributed by atoms with E-state index in [-0.39, 0.29) is 0 Å². The number of rotatable bonds is 4. The third kappa shape index (κ3) is 3.06. The molecule has 0 saturated carbocycles. The predicted octanol–water partition coefficient (Wildman–Crippen LogP) is 1.62. The molecule has 1 aromatic heterocycles. The lowest BCUT2D eigenvalue weighted by Gasteiger charge is -2.25. The fourth-order valence-electron chi connectivity index (χ4n) is 2.03. The van der Waals surface area contributed by atoms with Crippen LogP contribution in [0.3, 0.4) is 0 Å². The monoisotopic (exact) mass is 293 g/mol. The molecule has 0 bridgehead atoms. The number of nitrogens with zero attached hydrogens (tertiary/aromatic N) is 3. The van der Waals surface area contributed by atoms with Crippen molar-refractivity contribution in [3.63, 3.8) is 0 Å². The number of morpholine rings is 1. The molecule has 0 aliphatic carbocycles. The van der Waals surface area contributed by atoms with Crippen LogP contribution in [-0.2, 0) is 11.3 Å². The van der Waals surface area contributed by atoms with Crippen LogP contribution in [0.1, 0.15) is 5.56 Å². The highest BCUT2D eigenvalue weighted by atomic mass is 32.2. The molecule has 1 aliphatic rings. The Kier molecular flexibility index (Phi) is 4.10. The fourth-order valence-corrected chi connectivity index (χ4v) is 2.69. The van der Waals surface area contributed by atoms with E-state index in [0.717, 1.165) is 5.56 Å². The molecule has 7 heteroatoms. The maximum atomic E-state index is 11.5. The first-order chi connectivity index (χ1) is 9.83. The van der Waals surface area contributed by atoms with Gasteiger partial charge in [-0.15, -0.1) is 0 Å². The summed E-state index contributed by atoms with van der Waals surface area (Å²) in [6.07, 6.45) is 0. The van der Waals surface area contributed by atoms with E-state index < -0.39 is 11.1 Å². The van der Waals surface area contributed by atoms with Crippen LogP contribution in [0, 0.1) is 0 Å². The first-order valence-electron chi connectivity index (χ1n) is 6.42. The summed E-state index contributed by atoms with van der Waals surface area (Å²) in [7, 11) is 0. The van der Waals surface area contributed by atoms with Crippen LogP contribution in [0.15, 0.2) is 30.3 Å². The van der Waals surface area contributed by atoms with Gasteiger partial charge in [0.15, 0.2) is 11.1 Å². The zero-order valence-corrected chi connectivity index (χ0v) is 11.7. The van der Waals surface area contributed by atoms with Gasteiger partial charge in [-0.05, 0) is 5.56 Å². The van der Waals surface area contributed by atoms with Gasteiger partial charge in [-0.2, -0.15) is 0 Å². The smallest absolute Gasteiger partial charge is 0.318 e. The third-order valence-corrected chi connectivity index (χ3v) is 3.70. The Balaban J connectivity index is 1.72. The average molecular weight is 293 g/mol. The minimum absolute atomic E-state index is 0.356. The van der Waals surface area contributed by atoms with Gasteiger partial charge in [0.1, 0.15) is 6.61 Å². The molecule has 1 atom stereocenters. The lowest BCUT2D eigenvalue weighted by Crippen LogP contribution is -2.36. The second-order valence-corrected chi connectivity index (χ2v) is 5.24. The minimum atomic E-state index is -1.57. The highest BCUT2D eigenvalue weighted by molar-refractivity contribution is 7.14. The molecule has 6 nitrogen and oxygen atoms in total. The molecule has 0 N–H and O–H groups in total. The topological polar surface area (TPSA) is 70.5 Å². The Hall–Kier alpha value is -1.70. The van der Waals surface area contributed by atoms with E-state index in [1.807, 2.05) is 35.2 Å². The molecule has 0 amide bonds. The molecule has 2 aromatic rings. The van der Waals surface area contributed by atoms with Crippen LogP contribution >= 0.6 is 11.1 Å². The van der Waals surface area contributed by atoms with Gasteiger partial charge in [-0.25, -0.2) is 0 Å². The summed E-state index contributed by atoms with van der Waals surface area (Å²) in [5, 5.41) is 0. The van der Waals surface area contributed by atoms with Crippen LogP contribution in [0.2, 0.25) is 0 Å². The zero-order chi connectivity index (χ0) is 13.8. The zero-order valence-electron chi connectivity index (χ0n) is 10.9. The Bertz CT molecular complexity index is 555. The van der Waals surface area contributed by atoms with Crippen molar-refractivity contribution < 1.29 is 14.0 Å². The summed E-state index contributed by atoms with van der Waals surface area (Å²) in [5.41, 5.74) is 1.04. The van der Waals surface area contributed by atoms with Crippen LogP contribution < -0.4 is 9.64 Å². The number of anilines is 1. The summed E-state index contributed by atoms with van der Waals surface area (Å²) in [5.74, 6) is 0.927. The Morgan fingerprint density at radius 1 is 1.20 bits per heavy atom. The van der Waals surface area contributed by atoms with E-state index >= 15 is 0 Å². The van der Waals surface area contributed by atoms with Crippen molar-refractivity contribution in [1.29, 1.82) is 0 Å². The van der Waals surface area contributed by atoms with Crippen molar-refractivity contribution in [3.05, 3.63) is 35.9 Å². The Morgan fingerprint density at radius 2 is 1.95 bits per heavy atom. The van der Waals surface area contributed by atoms with Crippen molar-refractivity contribution in [2.45, 2.75) is 6.61 Å². The van der Waals surface area contributed by atoms with Gasteiger partial charge >= 0.3 is 5.88 Å². The number of hydrogen-bond acceptors (Lipinski definition) is 6. The summed E-state index contributed by atoms with van der Waals surface area (Å²) in [6.45, 7) is 3.09. The molecular formula is C13H15N3O3S. The third-order valence-electron chi connectivity index (χ3n) is 3.05. The second-order valence-electron chi connectivity index (χ2n) is 4.42. The summed E-state index contributed by atoms with van der Waals surface area (Å²) in [6, 6.07) is 9.79. The first-order valence-corrected chi connectivity index (χ1v) is 7.48. The van der Waals surface area contributed by atoms with E-state index in [0.29, 0.717) is 44.6 Å². The minimum Gasteiger partial charge on any atom is -0.546 e. The molecule has 1 aliphatic heterocycles. The van der Waals surface area contributed by atoms with E-state index in [4.69, 9.17) is 9.47 Å². The highest BCUT2D eigenvalue weighted by Gasteiger charge is 2.25. The molecule has 1 unspecified atom stereocenters. The van der Waals surface area contributed by atoms with E-state index in [1.165, 1.54) is 0 Å². The van der Waals surface area contributed by atoms with E-state index in [1.54, 1.807) is 0 Å². The van der Waals surface area contributed by atoms with Crippen LogP contribution in [0.25, 0.3) is 0 Å². The van der Waals surface area contributed by atoms with E-state index in [2.05, 4.69) is 8.75 Å². The van der Waals surface area contributed by atoms with Gasteiger partial charge in [0.05, 0.1) is 13.2 Å². The number of ether oxygens (including phenoxy) is 2. The maximum Gasteiger partial charge on any atom is 0.318 e. The predicted molar refractivity (Wildman–Crippen MR) is 74.5 cm³/mol. The SMILES string of the molecule is [O-][s+]1nc(OCc2ccccc2)c(N2CCOCC2)n1. The first kappa shape index (κ1) is 13.3. The van der Waals surface area contributed by atoms with Crippen LogP contribution in [-0.4, -0.2) is 39.6 Å². The molecule has 1 fully saturated rings. The van der Waals surface area contributed by atoms with Crippen molar-refractivity contribution >= 4 is 17.0 Å². The average Bonchev–Trinajstić information content (AvgIpc) is 2.88. The second kappa shape index (κ2) is 6.17. The summed E-state index contributed by atoms with van der Waals surface area (Å²) < 4.78 is 30.5. The molecular weight excluding hydrogens is 278 g/mol. The molecule has 1 aromatic carbocycles. The molecule has 3 rings (SSSR count). The van der Waals surface area contributed by atoms with Crippen molar-refractivity contribution in [1.82, 2.24) is 8.75 Å². The van der Waals surface area contributed by atoms with Gasteiger partial charge < -0.3 is 18.9 Å². The van der Waals surface area contributed by atoms with E-state index in [9.17, 15) is 4.55 Å². The summed E-state index contributed by atoms with van der Waals surface area (Å²) >= 11 is -1.57. The number of benzene rings is 1. The van der Waals surface area contributed by atoms with Crippen LogP contribution in [0.4, 0.5) is 5.82 Å². The van der Waals surface area contributed by atoms with Crippen molar-refractivity contribution in [2.24, 2.45) is 0 Å². The number of hydrogen-bond donors (Lipinski definition) is 0. The number of aromatic nitrogens is 2. The summed E-state index contributed by atoms with van der Waals surface area (Å²) in [4.78, 5) is 2.00. The quantitative estimate of drug-likeness (QED) is 0.798. The van der Waals surface area contributed by atoms with Gasteiger partial charge in [-0.1, -0.05) is 30.3 Å². The Labute approximate surface area is 120 Å².